The van der Waals surface area contributed by atoms with Crippen LogP contribution in [0.5, 0.6) is 0 Å². The Morgan fingerprint density at radius 3 is 1.78 bits per heavy atom. The van der Waals surface area contributed by atoms with Crippen LogP contribution in [0, 0.1) is 17.6 Å². The van der Waals surface area contributed by atoms with Crippen LogP contribution in [0.25, 0.3) is 33.6 Å². The Balaban J connectivity index is 1.05. The van der Waals surface area contributed by atoms with E-state index in [1.165, 1.54) is 31.6 Å². The third-order valence-corrected chi connectivity index (χ3v) is 10.7. The molecule has 2 fully saturated rings. The average molecular weight is 795 g/mol. The van der Waals surface area contributed by atoms with E-state index in [-0.39, 0.29) is 28.9 Å². The van der Waals surface area contributed by atoms with Gasteiger partial charge in [0.1, 0.15) is 29.3 Å². The van der Waals surface area contributed by atoms with E-state index in [0.29, 0.717) is 78.5 Å². The quantitative estimate of drug-likeness (QED) is 0.110. The molecule has 2 aliphatic rings. The van der Waals surface area contributed by atoms with Crippen LogP contribution in [0.15, 0.2) is 79.1 Å². The number of benzene rings is 3. The fourth-order valence-electron chi connectivity index (χ4n) is 7.78. The van der Waals surface area contributed by atoms with Crippen LogP contribution < -0.4 is 11.1 Å². The molecular formula is C42H44F2N8O6. The molecule has 0 spiro atoms. The molecule has 0 aliphatic carbocycles. The summed E-state index contributed by atoms with van der Waals surface area (Å²) >= 11 is 0. The molecule has 5 aromatic rings. The van der Waals surface area contributed by atoms with E-state index < -0.39 is 48.1 Å². The molecule has 4 atom stereocenters. The molecule has 7 rings (SSSR count). The summed E-state index contributed by atoms with van der Waals surface area (Å²) in [7, 11) is 1.23. The Morgan fingerprint density at radius 1 is 0.793 bits per heavy atom. The Kier molecular flexibility index (Phi) is 11.5. The van der Waals surface area contributed by atoms with Crippen molar-refractivity contribution in [1.82, 2.24) is 35.1 Å². The number of methoxy groups -OCH3 is 1. The number of aromatic amines is 2. The van der Waals surface area contributed by atoms with Crippen molar-refractivity contribution in [3.05, 3.63) is 108 Å². The van der Waals surface area contributed by atoms with Crippen molar-refractivity contribution in [1.29, 1.82) is 0 Å². The predicted molar refractivity (Wildman–Crippen MR) is 208 cm³/mol. The summed E-state index contributed by atoms with van der Waals surface area (Å²) in [5.41, 5.74) is 8.02. The first-order valence-electron chi connectivity index (χ1n) is 19.1. The van der Waals surface area contributed by atoms with Crippen LogP contribution in [-0.2, 0) is 19.1 Å². The van der Waals surface area contributed by atoms with Crippen molar-refractivity contribution in [2.24, 2.45) is 11.7 Å². The summed E-state index contributed by atoms with van der Waals surface area (Å²) in [5, 5.41) is 2.64. The maximum atomic E-state index is 15.8. The van der Waals surface area contributed by atoms with Gasteiger partial charge in [0.15, 0.2) is 6.10 Å². The number of likely N-dealkylation sites (tertiary alicyclic amines) is 2. The van der Waals surface area contributed by atoms with Gasteiger partial charge in [0.2, 0.25) is 0 Å². The minimum absolute atomic E-state index is 0.244. The lowest BCUT2D eigenvalue weighted by Gasteiger charge is -2.29. The Bertz CT molecular complexity index is 2310. The number of nitrogens with two attached hydrogens (primary N) is 1. The number of imidazole rings is 2. The van der Waals surface area contributed by atoms with Crippen molar-refractivity contribution < 1.29 is 37.4 Å². The first-order chi connectivity index (χ1) is 27.9. The smallest absolute Gasteiger partial charge is 0.407 e. The van der Waals surface area contributed by atoms with Crippen LogP contribution in [0.2, 0.25) is 0 Å². The fourth-order valence-corrected chi connectivity index (χ4v) is 7.78. The van der Waals surface area contributed by atoms with Crippen molar-refractivity contribution in [3.63, 3.8) is 0 Å². The highest BCUT2D eigenvalue weighted by Crippen LogP contribution is 2.37. The number of H-pyrrole nitrogens is 2. The molecule has 2 aromatic heterocycles. The summed E-state index contributed by atoms with van der Waals surface area (Å²) in [6.45, 7) is 4.41. The van der Waals surface area contributed by atoms with E-state index in [1.54, 1.807) is 72.2 Å². The molecule has 302 valence electrons. The fraction of sp³-hybridized carbons (Fsp3) is 0.333. The highest BCUT2D eigenvalue weighted by Gasteiger charge is 2.39. The number of hydrogen-bond donors (Lipinski definition) is 4. The minimum Gasteiger partial charge on any atom is -0.453 e. The molecular weight excluding hydrogens is 751 g/mol. The van der Waals surface area contributed by atoms with E-state index >= 15 is 8.78 Å². The predicted octanol–water partition coefficient (Wildman–Crippen LogP) is 6.96. The number of amides is 4. The summed E-state index contributed by atoms with van der Waals surface area (Å²) in [4.78, 5) is 69.5. The average Bonchev–Trinajstić information content (AvgIpc) is 4.05. The topological polar surface area (TPSA) is 189 Å². The number of halogens is 2. The number of carbonyl (C=O) groups excluding carboxylic acids is 4. The van der Waals surface area contributed by atoms with Gasteiger partial charge in [0.05, 0.1) is 43.0 Å². The number of aromatic nitrogens is 4. The van der Waals surface area contributed by atoms with Gasteiger partial charge in [-0.25, -0.2) is 28.3 Å². The second kappa shape index (κ2) is 16.9. The summed E-state index contributed by atoms with van der Waals surface area (Å²) < 4.78 is 41.4. The molecule has 4 heterocycles. The Morgan fingerprint density at radius 2 is 1.31 bits per heavy atom. The number of ether oxygens (including phenoxy) is 2. The lowest BCUT2D eigenvalue weighted by atomic mass is 10.00. The van der Waals surface area contributed by atoms with Gasteiger partial charge in [0.25, 0.3) is 11.8 Å². The third kappa shape index (κ3) is 8.12. The lowest BCUT2D eigenvalue weighted by Crippen LogP contribution is -2.44. The van der Waals surface area contributed by atoms with Crippen LogP contribution >= 0.6 is 0 Å². The number of rotatable bonds is 11. The number of carbonyl (C=O) groups is 4. The molecule has 2 aliphatic heterocycles. The second-order valence-electron chi connectivity index (χ2n) is 14.7. The van der Waals surface area contributed by atoms with Gasteiger partial charge < -0.3 is 40.3 Å². The first-order valence-corrected chi connectivity index (χ1v) is 19.1. The molecule has 16 heteroatoms. The molecule has 0 radical (unpaired) electrons. The van der Waals surface area contributed by atoms with E-state index in [0.717, 1.165) is 0 Å². The second-order valence-corrected chi connectivity index (χ2v) is 14.7. The van der Waals surface area contributed by atoms with E-state index in [9.17, 15) is 19.2 Å². The summed E-state index contributed by atoms with van der Waals surface area (Å²) in [6, 6.07) is 16.3. The maximum Gasteiger partial charge on any atom is 0.407 e. The lowest BCUT2D eigenvalue weighted by molar-refractivity contribution is -0.143. The molecule has 0 saturated carbocycles. The zero-order chi connectivity index (χ0) is 41.1. The highest BCUT2D eigenvalue weighted by molar-refractivity contribution is 5.87. The molecule has 14 nitrogen and oxygen atoms in total. The van der Waals surface area contributed by atoms with Crippen LogP contribution in [0.3, 0.4) is 0 Å². The van der Waals surface area contributed by atoms with Crippen molar-refractivity contribution in [2.45, 2.75) is 63.8 Å². The zero-order valence-electron chi connectivity index (χ0n) is 32.2. The number of nitrogens with zero attached hydrogens (tertiary/aromatic N) is 4. The molecule has 58 heavy (non-hydrogen) atoms. The first kappa shape index (κ1) is 39.6. The van der Waals surface area contributed by atoms with Gasteiger partial charge >= 0.3 is 12.2 Å². The van der Waals surface area contributed by atoms with Gasteiger partial charge in [-0.1, -0.05) is 56.3 Å². The number of nitrogens with one attached hydrogen (secondary N) is 3. The summed E-state index contributed by atoms with van der Waals surface area (Å²) in [5.74, 6) is -1.14. The monoisotopic (exact) mass is 794 g/mol. The number of primary amides is 1. The van der Waals surface area contributed by atoms with E-state index in [2.05, 4.69) is 25.3 Å². The molecule has 4 amide bonds. The molecule has 0 bridgehead atoms. The summed E-state index contributed by atoms with van der Waals surface area (Å²) in [6.07, 6.45) is 2.87. The number of hydrogen-bond acceptors (Lipinski definition) is 8. The third-order valence-electron chi connectivity index (χ3n) is 10.7. The zero-order valence-corrected chi connectivity index (χ0v) is 32.2. The SMILES string of the molecule is COC(=O)N[C@@H](C(=O)N1CCC[C@H]1c1ncc(-c2ccc(-c3ccc(-c4cnc([C@@H]5CCCN5C(=O)[C@@H](OC(N)=O)C(C)C)[nH]4)c(F)c3)cc2F)[nH]1)c1ccccc1. The minimum atomic E-state index is -1.04. The highest BCUT2D eigenvalue weighted by atomic mass is 19.1. The largest absolute Gasteiger partial charge is 0.453 e. The van der Waals surface area contributed by atoms with Crippen LogP contribution in [0.4, 0.5) is 18.4 Å². The standard InChI is InChI=1S/C42H44F2N8O6/c1-23(2)36(58-41(45)55)40(54)52-18-8-12-34(52)38-47-22-32(49-38)28-16-14-26(20-30(28)44)25-13-15-27(29(43)19-25)31-21-46-37(48-31)33-11-7-17-51(33)39(53)35(50-42(56)57-3)24-9-5-4-6-10-24/h4-6,9-10,13-16,19-23,33-36H,7-8,11-12,17-18H2,1-3H3,(H2,45,55)(H,46,48)(H,47,49)(H,50,56)/t33-,34-,35+,36-/m0/s1. The van der Waals surface area contributed by atoms with E-state index in [1.807, 2.05) is 6.07 Å². The van der Waals surface area contributed by atoms with Gasteiger partial charge in [-0.3, -0.25) is 9.59 Å². The van der Waals surface area contributed by atoms with Crippen molar-refractivity contribution in [2.75, 3.05) is 20.2 Å². The van der Waals surface area contributed by atoms with E-state index in [4.69, 9.17) is 15.2 Å². The molecule has 0 unspecified atom stereocenters. The van der Waals surface area contributed by atoms with Crippen LogP contribution in [-0.4, -0.2) is 80.0 Å². The van der Waals surface area contributed by atoms with Gasteiger partial charge in [0, 0.05) is 24.2 Å². The van der Waals surface area contributed by atoms with Crippen LogP contribution in [0.1, 0.15) is 74.9 Å². The Labute approximate surface area is 333 Å². The molecule has 5 N–H and O–H groups in total. The van der Waals surface area contributed by atoms with Crippen molar-refractivity contribution in [3.8, 4) is 33.6 Å². The Hall–Kier alpha value is -6.58. The molecule has 3 aromatic carbocycles. The van der Waals surface area contributed by atoms with Gasteiger partial charge in [-0.15, -0.1) is 0 Å². The maximum absolute atomic E-state index is 15.8. The molecule has 2 saturated heterocycles. The van der Waals surface area contributed by atoms with Gasteiger partial charge in [-0.2, -0.15) is 0 Å². The van der Waals surface area contributed by atoms with Gasteiger partial charge in [-0.05, 0) is 72.6 Å². The normalized spacial score (nSPS) is 17.6. The number of alkyl carbamates (subject to hydrolysis) is 1. The van der Waals surface area contributed by atoms with Crippen molar-refractivity contribution >= 4 is 24.0 Å².